The fourth-order valence-electron chi connectivity index (χ4n) is 6.76. The molecule has 3 aliphatic rings. The van der Waals surface area contributed by atoms with E-state index in [1.54, 1.807) is 18.1 Å². The molecule has 1 saturated heterocycles. The number of hydrogen-bond acceptors (Lipinski definition) is 6. The van der Waals surface area contributed by atoms with Crippen molar-refractivity contribution >= 4 is 23.2 Å². The molecular weight excluding hydrogens is 605 g/mol. The van der Waals surface area contributed by atoms with Gasteiger partial charge in [0.15, 0.2) is 17.5 Å². The average Bonchev–Trinajstić information content (AvgIpc) is 3.83. The molecule has 1 amide bonds. The van der Waals surface area contributed by atoms with Crippen molar-refractivity contribution in [1.29, 1.82) is 0 Å². The minimum atomic E-state index is -1.23. The van der Waals surface area contributed by atoms with Gasteiger partial charge in [-0.05, 0) is 81.4 Å². The predicted molar refractivity (Wildman–Crippen MR) is 177 cm³/mol. The van der Waals surface area contributed by atoms with Crippen LogP contribution in [0.3, 0.4) is 0 Å². The van der Waals surface area contributed by atoms with Crippen molar-refractivity contribution in [2.75, 3.05) is 32.1 Å². The fourth-order valence-corrected chi connectivity index (χ4v) is 6.76. The average molecular weight is 647 g/mol. The number of piperazine rings is 1. The van der Waals surface area contributed by atoms with Crippen molar-refractivity contribution in [1.82, 2.24) is 19.8 Å². The molecule has 11 heteroatoms. The highest BCUT2D eigenvalue weighted by molar-refractivity contribution is 6.04. The lowest BCUT2D eigenvalue weighted by atomic mass is 9.95. The molecule has 1 saturated carbocycles. The van der Waals surface area contributed by atoms with Gasteiger partial charge < -0.3 is 19.9 Å². The van der Waals surface area contributed by atoms with Crippen LogP contribution in [0.15, 0.2) is 48.1 Å². The van der Waals surface area contributed by atoms with Gasteiger partial charge in [0.2, 0.25) is 5.91 Å². The number of pyridine rings is 2. The zero-order valence-electron chi connectivity index (χ0n) is 27.5. The van der Waals surface area contributed by atoms with Gasteiger partial charge in [-0.2, -0.15) is 0 Å². The molecule has 1 aromatic carbocycles. The van der Waals surface area contributed by atoms with Gasteiger partial charge in [-0.15, -0.1) is 0 Å². The second-order valence-electron chi connectivity index (χ2n) is 13.3. The van der Waals surface area contributed by atoms with Crippen molar-refractivity contribution in [3.8, 4) is 17.0 Å². The first kappa shape index (κ1) is 32.5. The molecule has 4 heterocycles. The summed E-state index contributed by atoms with van der Waals surface area (Å²) in [6, 6.07) is 5.22. The number of carbonyl (C=O) groups is 1. The summed E-state index contributed by atoms with van der Waals surface area (Å²) in [7, 11) is 1.62. The molecule has 3 aromatic rings. The number of fused-ring (bicyclic) bond motifs is 5. The zero-order chi connectivity index (χ0) is 33.6. The van der Waals surface area contributed by atoms with E-state index in [9.17, 15) is 9.18 Å². The van der Waals surface area contributed by atoms with Gasteiger partial charge in [0, 0.05) is 43.8 Å². The number of ether oxygens (including phenoxy) is 1. The normalized spacial score (nSPS) is 20.7. The molecule has 1 N–H and O–H groups in total. The van der Waals surface area contributed by atoms with Gasteiger partial charge in [0.05, 0.1) is 29.1 Å². The van der Waals surface area contributed by atoms with E-state index in [0.29, 0.717) is 31.1 Å². The van der Waals surface area contributed by atoms with Crippen molar-refractivity contribution in [3.05, 3.63) is 77.4 Å². The third-order valence-corrected chi connectivity index (χ3v) is 9.71. The quantitative estimate of drug-likeness (QED) is 0.187. The van der Waals surface area contributed by atoms with Gasteiger partial charge in [-0.1, -0.05) is 20.4 Å². The van der Waals surface area contributed by atoms with Gasteiger partial charge in [-0.3, -0.25) is 14.8 Å². The molecule has 2 atom stereocenters. The number of rotatable bonds is 3. The summed E-state index contributed by atoms with van der Waals surface area (Å²) in [6.45, 7) is 12.8. The number of halogens is 3. The van der Waals surface area contributed by atoms with Crippen molar-refractivity contribution in [3.63, 3.8) is 0 Å². The second-order valence-corrected chi connectivity index (χ2v) is 13.3. The minimum absolute atomic E-state index is 0.0383. The topological polar surface area (TPSA) is 83.0 Å². The molecule has 0 radical (unpaired) electrons. The Kier molecular flexibility index (Phi) is 8.76. The van der Waals surface area contributed by atoms with Crippen LogP contribution >= 0.6 is 0 Å². The van der Waals surface area contributed by atoms with Crippen LogP contribution in [0.5, 0.6) is 5.75 Å². The standard InChI is InChI=1S/C36H41F3N6O2/c1-7-28(46)44-17-22(5)45(18-21(44)4)35(40-6)24-16-26(38)33-29-27(9-8-25(37)30(29)39)47-19-36(13-14-36)12-10-23-11-15-41-31(20(2)3)32(23)42-34(24)43-33/h7-9,11,15-16,20-22H,1,10,12-14,17-19H2,2-6H3,(H,42,43)/b40-35+/t21-,22+/m1/s1. The predicted octanol–water partition coefficient (Wildman–Crippen LogP) is 7.02. The molecule has 2 bridgehead atoms. The number of benzene rings is 1. The molecule has 2 aliphatic heterocycles. The van der Waals surface area contributed by atoms with E-state index in [-0.39, 0.29) is 52.1 Å². The maximum Gasteiger partial charge on any atom is 0.246 e. The molecule has 6 rings (SSSR count). The van der Waals surface area contributed by atoms with E-state index in [1.807, 2.05) is 38.7 Å². The van der Waals surface area contributed by atoms with Crippen molar-refractivity contribution in [2.45, 2.75) is 71.4 Å². The molecule has 1 aliphatic carbocycles. The van der Waals surface area contributed by atoms with Gasteiger partial charge >= 0.3 is 0 Å². The summed E-state index contributed by atoms with van der Waals surface area (Å²) in [4.78, 5) is 30.4. The number of carbonyl (C=O) groups excluding carboxylic acids is 1. The number of anilines is 2. The summed E-state index contributed by atoms with van der Waals surface area (Å²) < 4.78 is 53.0. The number of nitrogens with one attached hydrogen (secondary N) is 1. The van der Waals surface area contributed by atoms with Crippen LogP contribution in [-0.2, 0) is 11.2 Å². The first-order valence-corrected chi connectivity index (χ1v) is 16.2. The van der Waals surface area contributed by atoms with Crippen LogP contribution < -0.4 is 10.1 Å². The summed E-state index contributed by atoms with van der Waals surface area (Å²) in [5.41, 5.74) is 2.07. The molecule has 1 spiro atoms. The highest BCUT2D eigenvalue weighted by Crippen LogP contribution is 2.51. The largest absolute Gasteiger partial charge is 0.492 e. The second kappa shape index (κ2) is 12.7. The third-order valence-electron chi connectivity index (χ3n) is 9.71. The Hall–Kier alpha value is -4.41. The number of amidine groups is 1. The summed E-state index contributed by atoms with van der Waals surface area (Å²) >= 11 is 0. The number of amides is 1. The van der Waals surface area contributed by atoms with Crippen LogP contribution in [0.1, 0.15) is 69.7 Å². The Morgan fingerprint density at radius 1 is 1.11 bits per heavy atom. The first-order chi connectivity index (χ1) is 22.5. The number of nitrogens with zero attached hydrogens (tertiary/aromatic N) is 5. The van der Waals surface area contributed by atoms with Crippen LogP contribution in [0, 0.1) is 22.9 Å². The molecule has 248 valence electrons. The van der Waals surface area contributed by atoms with Gasteiger partial charge in [0.1, 0.15) is 23.1 Å². The van der Waals surface area contributed by atoms with E-state index in [4.69, 9.17) is 14.7 Å². The molecule has 2 fully saturated rings. The van der Waals surface area contributed by atoms with E-state index in [1.165, 1.54) is 18.2 Å². The van der Waals surface area contributed by atoms with Crippen molar-refractivity contribution < 1.29 is 22.7 Å². The van der Waals surface area contributed by atoms with Crippen LogP contribution in [-0.4, -0.2) is 70.3 Å². The summed E-state index contributed by atoms with van der Waals surface area (Å²) in [6.07, 6.45) is 6.54. The Balaban J connectivity index is 1.55. The first-order valence-electron chi connectivity index (χ1n) is 16.2. The monoisotopic (exact) mass is 646 g/mol. The van der Waals surface area contributed by atoms with Crippen LogP contribution in [0.2, 0.25) is 0 Å². The summed E-state index contributed by atoms with van der Waals surface area (Å²) in [5, 5.41) is 3.49. The number of aromatic nitrogens is 2. The SMILES string of the molecule is C=CC(=O)N1C[C@H](C)N(/C(=N/C)c2cc(F)c3nc2Nc2c(ccnc2C(C)C)CCC2(CC2)COc2ccc(F)c(F)c2-3)C[C@H]1C. The van der Waals surface area contributed by atoms with E-state index >= 15 is 8.78 Å². The van der Waals surface area contributed by atoms with Crippen LogP contribution in [0.4, 0.5) is 24.7 Å². The Morgan fingerprint density at radius 3 is 2.51 bits per heavy atom. The highest BCUT2D eigenvalue weighted by Gasteiger charge is 2.44. The number of aliphatic imine (C=N–C) groups is 1. The fraction of sp³-hybridized carbons (Fsp3) is 0.444. The van der Waals surface area contributed by atoms with Gasteiger partial charge in [-0.25, -0.2) is 18.2 Å². The van der Waals surface area contributed by atoms with E-state index in [0.717, 1.165) is 48.7 Å². The van der Waals surface area contributed by atoms with E-state index in [2.05, 4.69) is 16.9 Å². The summed E-state index contributed by atoms with van der Waals surface area (Å²) in [5.74, 6) is -2.62. The maximum atomic E-state index is 16.4. The molecular formula is C36H41F3N6O2. The smallest absolute Gasteiger partial charge is 0.246 e. The third kappa shape index (κ3) is 6.07. The zero-order valence-corrected chi connectivity index (χ0v) is 27.5. The molecule has 8 nitrogen and oxygen atoms in total. The van der Waals surface area contributed by atoms with E-state index < -0.39 is 17.5 Å². The van der Waals surface area contributed by atoms with Gasteiger partial charge in [0.25, 0.3) is 0 Å². The lowest BCUT2D eigenvalue weighted by molar-refractivity contribution is -0.130. The lowest BCUT2D eigenvalue weighted by Gasteiger charge is -2.45. The Bertz CT molecular complexity index is 1750. The Morgan fingerprint density at radius 2 is 1.83 bits per heavy atom. The molecule has 0 unspecified atom stereocenters. The number of hydrogen-bond donors (Lipinski definition) is 1. The maximum absolute atomic E-state index is 16.4. The molecule has 2 aromatic heterocycles. The van der Waals surface area contributed by atoms with Crippen LogP contribution in [0.25, 0.3) is 11.3 Å². The lowest BCUT2D eigenvalue weighted by Crippen LogP contribution is -2.59. The minimum Gasteiger partial charge on any atom is -0.492 e. The molecule has 47 heavy (non-hydrogen) atoms. The van der Waals surface area contributed by atoms with Crippen molar-refractivity contribution in [2.24, 2.45) is 10.4 Å². The number of aryl methyl sites for hydroxylation is 1. The Labute approximate surface area is 273 Å². The highest BCUT2D eigenvalue weighted by atomic mass is 19.2.